The molecule has 1 aliphatic heterocycles. The molecule has 0 aliphatic carbocycles. The van der Waals surface area contributed by atoms with Gasteiger partial charge in [0.05, 0.1) is 6.61 Å². The van der Waals surface area contributed by atoms with Gasteiger partial charge in [0.15, 0.2) is 0 Å². The van der Waals surface area contributed by atoms with Crippen LogP contribution in [0.25, 0.3) is 0 Å². The Morgan fingerprint density at radius 2 is 1.97 bits per heavy atom. The number of fused-ring (bicyclic) bond motifs is 1. The molecule has 6 nitrogen and oxygen atoms in total. The van der Waals surface area contributed by atoms with Gasteiger partial charge < -0.3 is 20.3 Å². The van der Waals surface area contributed by atoms with Gasteiger partial charge >= 0.3 is 11.8 Å². The highest BCUT2D eigenvalue weighted by molar-refractivity contribution is 6.39. The largest absolute Gasteiger partial charge is 0.377 e. The van der Waals surface area contributed by atoms with E-state index in [-0.39, 0.29) is 0 Å². The molecule has 2 aromatic rings. The molecule has 0 aromatic heterocycles. The number of ether oxygens (including phenoxy) is 1. The number of nitrogens with one attached hydrogen (secondary N) is 2. The van der Waals surface area contributed by atoms with Crippen LogP contribution in [0.2, 0.25) is 0 Å². The molecule has 3 rings (SSSR count). The Hall–Kier alpha value is -2.70. The van der Waals surface area contributed by atoms with Gasteiger partial charge in [-0.25, -0.2) is 0 Å². The van der Waals surface area contributed by atoms with E-state index in [4.69, 9.17) is 4.74 Å². The lowest BCUT2D eigenvalue weighted by Crippen LogP contribution is -2.40. The Labute approximate surface area is 172 Å². The predicted molar refractivity (Wildman–Crippen MR) is 113 cm³/mol. The number of nitrogens with zero attached hydrogens (tertiary/aromatic N) is 1. The third-order valence-electron chi connectivity index (χ3n) is 5.04. The summed E-state index contributed by atoms with van der Waals surface area (Å²) in [7, 11) is 0. The number of benzene rings is 2. The summed E-state index contributed by atoms with van der Waals surface area (Å²) in [5, 5.41) is 6.06. The Morgan fingerprint density at radius 1 is 1.14 bits per heavy atom. The molecule has 2 amide bonds. The molecule has 0 radical (unpaired) electrons. The molecule has 0 bridgehead atoms. The molecule has 2 N–H and O–H groups in total. The van der Waals surface area contributed by atoms with Crippen LogP contribution in [0.3, 0.4) is 0 Å². The number of hydrogen-bond acceptors (Lipinski definition) is 4. The second kappa shape index (κ2) is 10.7. The highest BCUT2D eigenvalue weighted by Gasteiger charge is 2.21. The summed E-state index contributed by atoms with van der Waals surface area (Å²) in [6.45, 7) is 5.70. The van der Waals surface area contributed by atoms with Crippen LogP contribution in [0.15, 0.2) is 48.5 Å². The third-order valence-corrected chi connectivity index (χ3v) is 5.04. The lowest BCUT2D eigenvalue weighted by Gasteiger charge is -2.21. The molecule has 0 saturated heterocycles. The maximum absolute atomic E-state index is 12.5. The summed E-state index contributed by atoms with van der Waals surface area (Å²) in [5.74, 6) is -1.10. The SMILES string of the molecule is CCN(CCCOCc1ccccc1)C(=O)C(=O)Nc1ccc2c(c1)CNCC2. The van der Waals surface area contributed by atoms with Crippen LogP contribution in [0.5, 0.6) is 0 Å². The van der Waals surface area contributed by atoms with Crippen LogP contribution < -0.4 is 10.6 Å². The Morgan fingerprint density at radius 3 is 2.76 bits per heavy atom. The highest BCUT2D eigenvalue weighted by atomic mass is 16.5. The quantitative estimate of drug-likeness (QED) is 0.533. The van der Waals surface area contributed by atoms with Gasteiger partial charge in [0.2, 0.25) is 0 Å². The van der Waals surface area contributed by atoms with E-state index in [1.165, 1.54) is 11.1 Å². The molecule has 154 valence electrons. The van der Waals surface area contributed by atoms with Crippen molar-refractivity contribution in [3.63, 3.8) is 0 Å². The summed E-state index contributed by atoms with van der Waals surface area (Å²) < 4.78 is 5.66. The zero-order valence-corrected chi connectivity index (χ0v) is 16.9. The van der Waals surface area contributed by atoms with Crippen LogP contribution in [-0.2, 0) is 33.9 Å². The van der Waals surface area contributed by atoms with E-state index in [0.717, 1.165) is 25.1 Å². The standard InChI is InChI=1S/C23H29N3O3/c1-2-26(13-6-14-29-17-18-7-4-3-5-8-18)23(28)22(27)25-21-10-9-19-11-12-24-16-20(19)15-21/h3-5,7-10,15,24H,2,6,11-14,16-17H2,1H3,(H,25,27). The molecule has 29 heavy (non-hydrogen) atoms. The predicted octanol–water partition coefficient (Wildman–Crippen LogP) is 2.73. The first-order valence-corrected chi connectivity index (χ1v) is 10.2. The van der Waals surface area contributed by atoms with E-state index in [9.17, 15) is 9.59 Å². The molecule has 0 saturated carbocycles. The Kier molecular flexibility index (Phi) is 7.78. The van der Waals surface area contributed by atoms with E-state index >= 15 is 0 Å². The van der Waals surface area contributed by atoms with Gasteiger partial charge in [0, 0.05) is 31.9 Å². The normalized spacial score (nSPS) is 12.9. The van der Waals surface area contributed by atoms with Crippen LogP contribution >= 0.6 is 0 Å². The van der Waals surface area contributed by atoms with E-state index in [0.29, 0.717) is 38.4 Å². The number of likely N-dealkylation sites (N-methyl/N-ethyl adjacent to an activating group) is 1. The molecule has 6 heteroatoms. The van der Waals surface area contributed by atoms with Crippen LogP contribution in [-0.4, -0.2) is 43.0 Å². The average Bonchev–Trinajstić information content (AvgIpc) is 2.76. The van der Waals surface area contributed by atoms with Gasteiger partial charge in [0.1, 0.15) is 0 Å². The molecule has 0 spiro atoms. The van der Waals surface area contributed by atoms with Gasteiger partial charge in [-0.1, -0.05) is 36.4 Å². The van der Waals surface area contributed by atoms with Gasteiger partial charge in [-0.15, -0.1) is 0 Å². The van der Waals surface area contributed by atoms with E-state index in [2.05, 4.69) is 10.6 Å². The smallest absolute Gasteiger partial charge is 0.313 e. The second-order valence-corrected chi connectivity index (χ2v) is 7.14. The first-order valence-electron chi connectivity index (χ1n) is 10.2. The topological polar surface area (TPSA) is 70.7 Å². The fourth-order valence-electron chi connectivity index (χ4n) is 3.41. The fourth-order valence-corrected chi connectivity index (χ4v) is 3.41. The van der Waals surface area contributed by atoms with Crippen molar-refractivity contribution in [2.75, 3.05) is 31.6 Å². The monoisotopic (exact) mass is 395 g/mol. The number of anilines is 1. The molecule has 0 fully saturated rings. The van der Waals surface area contributed by atoms with E-state index in [1.807, 2.05) is 55.5 Å². The average molecular weight is 396 g/mol. The summed E-state index contributed by atoms with van der Waals surface area (Å²) in [5.41, 5.74) is 4.24. The number of carbonyl (C=O) groups excluding carboxylic acids is 2. The van der Waals surface area contributed by atoms with Crippen molar-refractivity contribution < 1.29 is 14.3 Å². The van der Waals surface area contributed by atoms with Crippen molar-refractivity contribution in [1.29, 1.82) is 0 Å². The minimum atomic E-state index is -0.597. The van der Waals surface area contributed by atoms with Crippen molar-refractivity contribution >= 4 is 17.5 Å². The van der Waals surface area contributed by atoms with Crippen molar-refractivity contribution in [1.82, 2.24) is 10.2 Å². The van der Waals surface area contributed by atoms with Crippen LogP contribution in [0, 0.1) is 0 Å². The summed E-state index contributed by atoms with van der Waals surface area (Å²) >= 11 is 0. The molecular weight excluding hydrogens is 366 g/mol. The van der Waals surface area contributed by atoms with Crippen molar-refractivity contribution in [3.8, 4) is 0 Å². The van der Waals surface area contributed by atoms with Crippen LogP contribution in [0.1, 0.15) is 30.0 Å². The summed E-state index contributed by atoms with van der Waals surface area (Å²) in [6, 6.07) is 15.8. The third kappa shape index (κ3) is 6.14. The first-order chi connectivity index (χ1) is 14.2. The number of hydrogen-bond donors (Lipinski definition) is 2. The Balaban J connectivity index is 1.44. The number of carbonyl (C=O) groups is 2. The molecule has 1 aliphatic rings. The molecule has 1 heterocycles. The van der Waals surface area contributed by atoms with Gasteiger partial charge in [-0.3, -0.25) is 9.59 Å². The van der Waals surface area contributed by atoms with E-state index in [1.54, 1.807) is 4.90 Å². The first kappa shape index (κ1) is 21.0. The fraction of sp³-hybridized carbons (Fsp3) is 0.391. The van der Waals surface area contributed by atoms with Crippen molar-refractivity contribution in [2.45, 2.75) is 32.9 Å². The van der Waals surface area contributed by atoms with Gasteiger partial charge in [-0.05, 0) is 55.1 Å². The lowest BCUT2D eigenvalue weighted by atomic mass is 10.0. The minimum Gasteiger partial charge on any atom is -0.377 e. The molecule has 0 unspecified atom stereocenters. The van der Waals surface area contributed by atoms with Crippen molar-refractivity contribution in [2.24, 2.45) is 0 Å². The van der Waals surface area contributed by atoms with Crippen molar-refractivity contribution in [3.05, 3.63) is 65.2 Å². The zero-order valence-electron chi connectivity index (χ0n) is 16.9. The summed E-state index contributed by atoms with van der Waals surface area (Å²) in [6.07, 6.45) is 1.67. The molecule has 0 atom stereocenters. The van der Waals surface area contributed by atoms with Gasteiger partial charge in [-0.2, -0.15) is 0 Å². The number of amides is 2. The zero-order chi connectivity index (χ0) is 20.5. The molecular formula is C23H29N3O3. The Bertz CT molecular complexity index is 823. The number of rotatable bonds is 8. The lowest BCUT2D eigenvalue weighted by molar-refractivity contribution is -0.143. The van der Waals surface area contributed by atoms with Gasteiger partial charge in [0.25, 0.3) is 0 Å². The minimum absolute atomic E-state index is 0.485. The van der Waals surface area contributed by atoms with Crippen LogP contribution in [0.4, 0.5) is 5.69 Å². The summed E-state index contributed by atoms with van der Waals surface area (Å²) in [4.78, 5) is 26.5. The van der Waals surface area contributed by atoms with E-state index < -0.39 is 11.8 Å². The second-order valence-electron chi connectivity index (χ2n) is 7.14. The maximum Gasteiger partial charge on any atom is 0.313 e. The highest BCUT2D eigenvalue weighted by Crippen LogP contribution is 2.19. The molecule has 2 aromatic carbocycles. The maximum atomic E-state index is 12.5.